The SMILES string of the molecule is CCCOC1CCCN(c2nc(NCC)ncc2Br)C1. The highest BCUT2D eigenvalue weighted by molar-refractivity contribution is 9.10. The minimum Gasteiger partial charge on any atom is -0.376 e. The molecule has 1 aromatic rings. The van der Waals surface area contributed by atoms with Crippen LogP contribution in [0.4, 0.5) is 11.8 Å². The molecule has 112 valence electrons. The van der Waals surface area contributed by atoms with Gasteiger partial charge in [0.25, 0.3) is 0 Å². The number of ether oxygens (including phenoxy) is 1. The van der Waals surface area contributed by atoms with Crippen LogP contribution in [-0.4, -0.2) is 42.3 Å². The number of rotatable bonds is 6. The number of halogens is 1. The zero-order valence-electron chi connectivity index (χ0n) is 12.2. The van der Waals surface area contributed by atoms with E-state index in [4.69, 9.17) is 4.74 Å². The van der Waals surface area contributed by atoms with E-state index in [2.05, 4.69) is 43.0 Å². The van der Waals surface area contributed by atoms with Crippen LogP contribution in [0.1, 0.15) is 33.1 Å². The highest BCUT2D eigenvalue weighted by Gasteiger charge is 2.23. The number of aromatic nitrogens is 2. The fourth-order valence-electron chi connectivity index (χ4n) is 2.37. The van der Waals surface area contributed by atoms with Crippen LogP contribution in [0.25, 0.3) is 0 Å². The van der Waals surface area contributed by atoms with Crippen LogP contribution in [0, 0.1) is 0 Å². The Morgan fingerprint density at radius 3 is 3.10 bits per heavy atom. The van der Waals surface area contributed by atoms with Crippen molar-refractivity contribution in [2.45, 2.75) is 39.2 Å². The molecule has 0 amide bonds. The molecule has 1 saturated heterocycles. The average Bonchev–Trinajstić information content (AvgIpc) is 2.47. The molecular formula is C14H23BrN4O. The monoisotopic (exact) mass is 342 g/mol. The first-order chi connectivity index (χ1) is 9.74. The van der Waals surface area contributed by atoms with Gasteiger partial charge >= 0.3 is 0 Å². The second-order valence-electron chi connectivity index (χ2n) is 4.98. The summed E-state index contributed by atoms with van der Waals surface area (Å²) in [4.78, 5) is 11.2. The molecule has 20 heavy (non-hydrogen) atoms. The number of piperidine rings is 1. The summed E-state index contributed by atoms with van der Waals surface area (Å²) < 4.78 is 6.83. The Hall–Kier alpha value is -0.880. The zero-order valence-corrected chi connectivity index (χ0v) is 13.8. The molecule has 1 N–H and O–H groups in total. The summed E-state index contributed by atoms with van der Waals surface area (Å²) in [5.74, 6) is 1.64. The minimum absolute atomic E-state index is 0.313. The Labute approximate surface area is 129 Å². The van der Waals surface area contributed by atoms with Crippen molar-refractivity contribution < 1.29 is 4.74 Å². The first-order valence-corrected chi connectivity index (χ1v) is 8.16. The first kappa shape index (κ1) is 15.5. The molecule has 0 spiro atoms. The number of nitrogens with one attached hydrogen (secondary N) is 1. The average molecular weight is 343 g/mol. The summed E-state index contributed by atoms with van der Waals surface area (Å²) in [5.41, 5.74) is 0. The van der Waals surface area contributed by atoms with Gasteiger partial charge < -0.3 is 15.0 Å². The highest BCUT2D eigenvalue weighted by atomic mass is 79.9. The molecule has 0 aliphatic carbocycles. The Morgan fingerprint density at radius 1 is 1.50 bits per heavy atom. The molecular weight excluding hydrogens is 320 g/mol. The van der Waals surface area contributed by atoms with E-state index in [1.165, 1.54) is 0 Å². The van der Waals surface area contributed by atoms with Gasteiger partial charge in [-0.3, -0.25) is 0 Å². The number of nitrogens with zero attached hydrogens (tertiary/aromatic N) is 3. The van der Waals surface area contributed by atoms with Gasteiger partial charge in [0.05, 0.1) is 10.6 Å². The maximum atomic E-state index is 5.89. The molecule has 1 aliphatic heterocycles. The molecule has 6 heteroatoms. The van der Waals surface area contributed by atoms with Crippen molar-refractivity contribution in [2.75, 3.05) is 36.5 Å². The quantitative estimate of drug-likeness (QED) is 0.860. The minimum atomic E-state index is 0.313. The Balaban J connectivity index is 2.07. The van der Waals surface area contributed by atoms with Crippen molar-refractivity contribution in [1.82, 2.24) is 9.97 Å². The largest absolute Gasteiger partial charge is 0.376 e. The second kappa shape index (κ2) is 7.78. The molecule has 1 atom stereocenters. The lowest BCUT2D eigenvalue weighted by atomic mass is 10.1. The lowest BCUT2D eigenvalue weighted by molar-refractivity contribution is 0.0439. The first-order valence-electron chi connectivity index (χ1n) is 7.37. The van der Waals surface area contributed by atoms with Gasteiger partial charge in [-0.05, 0) is 42.1 Å². The van der Waals surface area contributed by atoms with E-state index in [9.17, 15) is 0 Å². The van der Waals surface area contributed by atoms with Crippen LogP contribution in [0.15, 0.2) is 10.7 Å². The molecule has 0 bridgehead atoms. The van der Waals surface area contributed by atoms with E-state index in [-0.39, 0.29) is 0 Å². The molecule has 1 unspecified atom stereocenters. The van der Waals surface area contributed by atoms with Gasteiger partial charge in [0.1, 0.15) is 5.82 Å². The third-order valence-corrected chi connectivity index (χ3v) is 3.86. The fourth-order valence-corrected chi connectivity index (χ4v) is 2.82. The Morgan fingerprint density at radius 2 is 2.35 bits per heavy atom. The molecule has 0 aromatic carbocycles. The van der Waals surface area contributed by atoms with Gasteiger partial charge in [-0.25, -0.2) is 4.98 Å². The molecule has 1 fully saturated rings. The second-order valence-corrected chi connectivity index (χ2v) is 5.83. The fraction of sp³-hybridized carbons (Fsp3) is 0.714. The third kappa shape index (κ3) is 4.06. The smallest absolute Gasteiger partial charge is 0.224 e. The molecule has 2 rings (SSSR count). The molecule has 2 heterocycles. The topological polar surface area (TPSA) is 50.3 Å². The van der Waals surface area contributed by atoms with Gasteiger partial charge in [0.15, 0.2) is 0 Å². The summed E-state index contributed by atoms with van der Waals surface area (Å²) in [6.07, 6.45) is 5.48. The van der Waals surface area contributed by atoms with Crippen molar-refractivity contribution in [1.29, 1.82) is 0 Å². The molecule has 1 aromatic heterocycles. The van der Waals surface area contributed by atoms with Crippen LogP contribution < -0.4 is 10.2 Å². The van der Waals surface area contributed by atoms with Crippen molar-refractivity contribution >= 4 is 27.7 Å². The van der Waals surface area contributed by atoms with Crippen molar-refractivity contribution in [3.63, 3.8) is 0 Å². The van der Waals surface area contributed by atoms with Gasteiger partial charge in [0, 0.05) is 32.4 Å². The van der Waals surface area contributed by atoms with Crippen LogP contribution in [0.5, 0.6) is 0 Å². The number of hydrogen-bond acceptors (Lipinski definition) is 5. The molecule has 5 nitrogen and oxygen atoms in total. The van der Waals surface area contributed by atoms with Gasteiger partial charge in [-0.2, -0.15) is 4.98 Å². The summed E-state index contributed by atoms with van der Waals surface area (Å²) in [6, 6.07) is 0. The van der Waals surface area contributed by atoms with E-state index < -0.39 is 0 Å². The van der Waals surface area contributed by atoms with Gasteiger partial charge in [-0.1, -0.05) is 6.92 Å². The van der Waals surface area contributed by atoms with E-state index in [1.54, 1.807) is 0 Å². The van der Waals surface area contributed by atoms with E-state index >= 15 is 0 Å². The van der Waals surface area contributed by atoms with Crippen molar-refractivity contribution in [2.24, 2.45) is 0 Å². The summed E-state index contributed by atoms with van der Waals surface area (Å²) >= 11 is 3.55. The summed E-state index contributed by atoms with van der Waals surface area (Å²) in [5, 5.41) is 3.16. The number of anilines is 2. The summed E-state index contributed by atoms with van der Waals surface area (Å²) in [6.45, 7) is 7.77. The normalized spacial score (nSPS) is 19.1. The van der Waals surface area contributed by atoms with Gasteiger partial charge in [0.2, 0.25) is 5.95 Å². The molecule has 0 radical (unpaired) electrons. The van der Waals surface area contributed by atoms with Gasteiger partial charge in [-0.15, -0.1) is 0 Å². The Bertz CT molecular complexity index is 430. The Kier molecular flexibility index (Phi) is 6.04. The molecule has 0 saturated carbocycles. The van der Waals surface area contributed by atoms with Crippen LogP contribution in [-0.2, 0) is 4.74 Å². The zero-order chi connectivity index (χ0) is 14.4. The lowest BCUT2D eigenvalue weighted by Crippen LogP contribution is -2.40. The third-order valence-electron chi connectivity index (χ3n) is 3.30. The predicted molar refractivity (Wildman–Crippen MR) is 85.4 cm³/mol. The maximum absolute atomic E-state index is 5.89. The van der Waals surface area contributed by atoms with Crippen molar-refractivity contribution in [3.05, 3.63) is 10.7 Å². The van der Waals surface area contributed by atoms with Crippen LogP contribution in [0.3, 0.4) is 0 Å². The van der Waals surface area contributed by atoms with E-state index in [1.807, 2.05) is 13.1 Å². The maximum Gasteiger partial charge on any atom is 0.224 e. The van der Waals surface area contributed by atoms with E-state index in [0.717, 1.165) is 55.8 Å². The van der Waals surface area contributed by atoms with Crippen LogP contribution >= 0.6 is 15.9 Å². The summed E-state index contributed by atoms with van der Waals surface area (Å²) in [7, 11) is 0. The molecule has 1 aliphatic rings. The lowest BCUT2D eigenvalue weighted by Gasteiger charge is -2.34. The predicted octanol–water partition coefficient (Wildman–Crippen LogP) is 3.07. The van der Waals surface area contributed by atoms with Crippen LogP contribution in [0.2, 0.25) is 0 Å². The standard InChI is InChI=1S/C14H23BrN4O/c1-3-8-20-11-6-5-7-19(10-11)13-12(15)9-17-14(18-13)16-4-2/h9,11H,3-8,10H2,1-2H3,(H,16,17,18). The van der Waals surface area contributed by atoms with Crippen molar-refractivity contribution in [3.8, 4) is 0 Å². The highest BCUT2D eigenvalue weighted by Crippen LogP contribution is 2.27. The number of hydrogen-bond donors (Lipinski definition) is 1. The van der Waals surface area contributed by atoms with E-state index in [0.29, 0.717) is 12.1 Å².